The zero-order chi connectivity index (χ0) is 12.7. The van der Waals surface area contributed by atoms with E-state index in [0.29, 0.717) is 18.1 Å². The monoisotopic (exact) mass is 248 g/mol. The van der Waals surface area contributed by atoms with Crippen LogP contribution in [0.3, 0.4) is 0 Å². The third kappa shape index (κ3) is 1.66. The van der Waals surface area contributed by atoms with Crippen LogP contribution in [0, 0.1) is 11.8 Å². The fourth-order valence-electron chi connectivity index (χ4n) is 2.99. The third-order valence-corrected chi connectivity index (χ3v) is 3.91. The van der Waals surface area contributed by atoms with Gasteiger partial charge in [0.2, 0.25) is 11.8 Å². The minimum atomic E-state index is -0.0820. The molecule has 5 nitrogen and oxygen atoms in total. The molecule has 2 atom stereocenters. The average Bonchev–Trinajstić information content (AvgIpc) is 3.06. The summed E-state index contributed by atoms with van der Waals surface area (Å²) < 4.78 is 5.44. The lowest BCUT2D eigenvalue weighted by molar-refractivity contribution is -0.141. The number of fused-ring (bicyclic) bond motifs is 1. The number of nitrogens with zero attached hydrogens (tertiary/aromatic N) is 1. The summed E-state index contributed by atoms with van der Waals surface area (Å²) in [6, 6.07) is 3.55. The highest BCUT2D eigenvalue weighted by Crippen LogP contribution is 2.40. The SMILES string of the molecule is NCc1ccc(CN2C(=O)C3CCCC3C2=O)o1. The highest BCUT2D eigenvalue weighted by Gasteiger charge is 2.49. The molecule has 0 aromatic carbocycles. The van der Waals surface area contributed by atoms with Crippen molar-refractivity contribution in [1.29, 1.82) is 0 Å². The number of hydrogen-bond acceptors (Lipinski definition) is 4. The van der Waals surface area contributed by atoms with E-state index in [2.05, 4.69) is 0 Å². The Morgan fingerprint density at radius 2 is 1.78 bits per heavy atom. The maximum atomic E-state index is 12.1. The fourth-order valence-corrected chi connectivity index (χ4v) is 2.99. The normalized spacial score (nSPS) is 27.1. The molecule has 1 aromatic heterocycles. The molecule has 1 aliphatic carbocycles. The molecule has 96 valence electrons. The number of hydrogen-bond donors (Lipinski definition) is 1. The van der Waals surface area contributed by atoms with E-state index < -0.39 is 0 Å². The summed E-state index contributed by atoms with van der Waals surface area (Å²) in [5.41, 5.74) is 5.46. The number of nitrogens with two attached hydrogens (primary N) is 1. The molecule has 2 aliphatic rings. The maximum Gasteiger partial charge on any atom is 0.233 e. The van der Waals surface area contributed by atoms with Crippen LogP contribution in [0.25, 0.3) is 0 Å². The van der Waals surface area contributed by atoms with E-state index in [-0.39, 0.29) is 30.2 Å². The molecule has 1 aliphatic heterocycles. The molecule has 0 spiro atoms. The second-order valence-electron chi connectivity index (χ2n) is 4.98. The Morgan fingerprint density at radius 3 is 2.33 bits per heavy atom. The first-order valence-corrected chi connectivity index (χ1v) is 6.33. The van der Waals surface area contributed by atoms with Crippen LogP contribution in [0.15, 0.2) is 16.5 Å². The van der Waals surface area contributed by atoms with E-state index in [1.165, 1.54) is 4.90 Å². The number of rotatable bonds is 3. The average molecular weight is 248 g/mol. The maximum absolute atomic E-state index is 12.1. The van der Waals surface area contributed by atoms with Gasteiger partial charge in [-0.1, -0.05) is 6.42 Å². The predicted molar refractivity (Wildman–Crippen MR) is 63.0 cm³/mol. The van der Waals surface area contributed by atoms with Crippen LogP contribution in [-0.4, -0.2) is 16.7 Å². The molecular weight excluding hydrogens is 232 g/mol. The van der Waals surface area contributed by atoms with Crippen molar-refractivity contribution in [2.45, 2.75) is 32.4 Å². The third-order valence-electron chi connectivity index (χ3n) is 3.91. The Balaban J connectivity index is 1.77. The molecule has 0 bridgehead atoms. The molecule has 2 amide bonds. The van der Waals surface area contributed by atoms with Gasteiger partial charge in [0.25, 0.3) is 0 Å². The van der Waals surface area contributed by atoms with E-state index >= 15 is 0 Å². The van der Waals surface area contributed by atoms with E-state index in [1.807, 2.05) is 0 Å². The van der Waals surface area contributed by atoms with Crippen LogP contribution in [0.4, 0.5) is 0 Å². The van der Waals surface area contributed by atoms with E-state index in [0.717, 1.165) is 19.3 Å². The number of amides is 2. The first-order valence-electron chi connectivity index (χ1n) is 6.33. The summed E-state index contributed by atoms with van der Waals surface area (Å²) in [5, 5.41) is 0. The van der Waals surface area contributed by atoms with Gasteiger partial charge in [-0.05, 0) is 25.0 Å². The lowest BCUT2D eigenvalue weighted by Crippen LogP contribution is -2.31. The zero-order valence-electron chi connectivity index (χ0n) is 10.1. The number of carbonyl (C=O) groups is 2. The molecule has 2 fully saturated rings. The lowest BCUT2D eigenvalue weighted by atomic mass is 10.00. The van der Waals surface area contributed by atoms with Crippen LogP contribution < -0.4 is 5.73 Å². The van der Waals surface area contributed by atoms with Crippen LogP contribution in [0.2, 0.25) is 0 Å². The number of likely N-dealkylation sites (tertiary alicyclic amines) is 1. The van der Waals surface area contributed by atoms with Crippen LogP contribution in [-0.2, 0) is 22.7 Å². The minimum absolute atomic E-state index is 0.0341. The topological polar surface area (TPSA) is 76.5 Å². The Kier molecular flexibility index (Phi) is 2.70. The highest BCUT2D eigenvalue weighted by molar-refractivity contribution is 6.05. The molecule has 0 radical (unpaired) electrons. The van der Waals surface area contributed by atoms with Gasteiger partial charge in [-0.25, -0.2) is 0 Å². The molecular formula is C13H16N2O3. The van der Waals surface area contributed by atoms with Gasteiger partial charge in [-0.3, -0.25) is 14.5 Å². The standard InChI is InChI=1S/C13H16N2O3/c14-6-8-4-5-9(18-8)7-15-12(16)10-2-1-3-11(10)13(15)17/h4-5,10-11H,1-3,6-7,14H2. The Labute approximate surface area is 105 Å². The first-order chi connectivity index (χ1) is 8.70. The van der Waals surface area contributed by atoms with Gasteiger partial charge in [0.15, 0.2) is 0 Å². The number of imide groups is 1. The summed E-state index contributed by atoms with van der Waals surface area (Å²) in [4.78, 5) is 25.6. The second kappa shape index (κ2) is 4.24. The molecule has 1 saturated carbocycles. The van der Waals surface area contributed by atoms with Gasteiger partial charge in [-0.15, -0.1) is 0 Å². The van der Waals surface area contributed by atoms with Crippen LogP contribution >= 0.6 is 0 Å². The summed E-state index contributed by atoms with van der Waals surface area (Å²) in [6.07, 6.45) is 2.68. The molecule has 2 unspecified atom stereocenters. The molecule has 18 heavy (non-hydrogen) atoms. The second-order valence-corrected chi connectivity index (χ2v) is 4.98. The Bertz CT molecular complexity index is 472. The van der Waals surface area contributed by atoms with Crippen molar-refractivity contribution in [2.24, 2.45) is 17.6 Å². The van der Waals surface area contributed by atoms with Gasteiger partial charge in [0.1, 0.15) is 11.5 Å². The largest absolute Gasteiger partial charge is 0.463 e. The van der Waals surface area contributed by atoms with Crippen LogP contribution in [0.1, 0.15) is 30.8 Å². The van der Waals surface area contributed by atoms with Crippen molar-refractivity contribution < 1.29 is 14.0 Å². The van der Waals surface area contributed by atoms with Gasteiger partial charge in [0.05, 0.1) is 24.9 Å². The van der Waals surface area contributed by atoms with E-state index in [9.17, 15) is 9.59 Å². The van der Waals surface area contributed by atoms with Gasteiger partial charge < -0.3 is 10.2 Å². The fraction of sp³-hybridized carbons (Fsp3) is 0.538. The van der Waals surface area contributed by atoms with Crippen molar-refractivity contribution in [3.05, 3.63) is 23.7 Å². The highest BCUT2D eigenvalue weighted by atomic mass is 16.3. The predicted octanol–water partition coefficient (Wildman–Crippen LogP) is 1.02. The lowest BCUT2D eigenvalue weighted by Gasteiger charge is -2.13. The van der Waals surface area contributed by atoms with Crippen molar-refractivity contribution in [3.8, 4) is 0 Å². The van der Waals surface area contributed by atoms with Gasteiger partial charge in [-0.2, -0.15) is 0 Å². The molecule has 2 heterocycles. The van der Waals surface area contributed by atoms with Crippen molar-refractivity contribution in [1.82, 2.24) is 4.90 Å². The Morgan fingerprint density at radius 1 is 1.17 bits per heavy atom. The van der Waals surface area contributed by atoms with E-state index in [4.69, 9.17) is 10.2 Å². The zero-order valence-corrected chi connectivity index (χ0v) is 10.1. The van der Waals surface area contributed by atoms with E-state index in [1.54, 1.807) is 12.1 Å². The quantitative estimate of drug-likeness (QED) is 0.810. The van der Waals surface area contributed by atoms with Crippen molar-refractivity contribution in [3.63, 3.8) is 0 Å². The van der Waals surface area contributed by atoms with Crippen molar-refractivity contribution >= 4 is 11.8 Å². The molecule has 5 heteroatoms. The smallest absolute Gasteiger partial charge is 0.233 e. The summed E-state index contributed by atoms with van der Waals surface area (Å²) in [5.74, 6) is 1.06. The van der Waals surface area contributed by atoms with Crippen LogP contribution in [0.5, 0.6) is 0 Å². The van der Waals surface area contributed by atoms with Gasteiger partial charge in [0, 0.05) is 0 Å². The summed E-state index contributed by atoms with van der Waals surface area (Å²) in [7, 11) is 0. The molecule has 3 rings (SSSR count). The summed E-state index contributed by atoms with van der Waals surface area (Å²) >= 11 is 0. The first kappa shape index (κ1) is 11.5. The number of carbonyl (C=O) groups excluding carboxylic acids is 2. The van der Waals surface area contributed by atoms with Gasteiger partial charge >= 0.3 is 0 Å². The Hall–Kier alpha value is -1.62. The summed E-state index contributed by atoms with van der Waals surface area (Å²) in [6.45, 7) is 0.567. The molecule has 2 N–H and O–H groups in total. The van der Waals surface area contributed by atoms with Crippen molar-refractivity contribution in [2.75, 3.05) is 0 Å². The minimum Gasteiger partial charge on any atom is -0.463 e. The molecule has 1 aromatic rings. The number of furan rings is 1. The molecule has 1 saturated heterocycles.